The molecule has 0 aromatic heterocycles. The highest BCUT2D eigenvalue weighted by Crippen LogP contribution is 2.42. The van der Waals surface area contributed by atoms with E-state index in [0.717, 1.165) is 25.4 Å². The predicted molar refractivity (Wildman–Crippen MR) is 55.7 cm³/mol. The number of para-hydroxylation sites is 1. The lowest BCUT2D eigenvalue weighted by Gasteiger charge is -2.32. The molecular formula is C12H15NO. The molecule has 1 aromatic rings. The third kappa shape index (κ3) is 1.07. The fourth-order valence-corrected chi connectivity index (χ4v) is 2.65. The fraction of sp³-hybridized carbons (Fsp3) is 0.500. The zero-order chi connectivity index (χ0) is 9.43. The average Bonchev–Trinajstić information content (AvgIpc) is 2.60. The van der Waals surface area contributed by atoms with Gasteiger partial charge in [-0.25, -0.2) is 0 Å². The minimum absolute atomic E-state index is 0.273. The van der Waals surface area contributed by atoms with Crippen LogP contribution in [-0.2, 0) is 5.41 Å². The van der Waals surface area contributed by atoms with Gasteiger partial charge in [-0.3, -0.25) is 0 Å². The number of benzene rings is 1. The second-order valence-corrected chi connectivity index (χ2v) is 4.35. The summed E-state index contributed by atoms with van der Waals surface area (Å²) in [6, 6.07) is 8.46. The smallest absolute Gasteiger partial charge is 0.123 e. The summed E-state index contributed by atoms with van der Waals surface area (Å²) in [5, 5.41) is 3.48. The van der Waals surface area contributed by atoms with E-state index in [0.29, 0.717) is 0 Å². The van der Waals surface area contributed by atoms with Crippen LogP contribution < -0.4 is 10.1 Å². The van der Waals surface area contributed by atoms with Crippen LogP contribution in [0, 0.1) is 0 Å². The second-order valence-electron chi connectivity index (χ2n) is 4.35. The lowest BCUT2D eigenvalue weighted by Crippen LogP contribution is -2.44. The summed E-state index contributed by atoms with van der Waals surface area (Å²) in [5.74, 6) is 1.09. The van der Waals surface area contributed by atoms with Crippen molar-refractivity contribution in [1.82, 2.24) is 5.32 Å². The molecule has 14 heavy (non-hydrogen) atoms. The maximum atomic E-state index is 5.75. The van der Waals surface area contributed by atoms with Crippen molar-refractivity contribution in [3.63, 3.8) is 0 Å². The van der Waals surface area contributed by atoms with E-state index in [4.69, 9.17) is 4.74 Å². The molecule has 0 aliphatic carbocycles. The topological polar surface area (TPSA) is 21.3 Å². The number of rotatable bonds is 0. The molecule has 3 rings (SSSR count). The Hall–Kier alpha value is -1.02. The first-order valence-corrected chi connectivity index (χ1v) is 5.34. The lowest BCUT2D eigenvalue weighted by molar-refractivity contribution is 0.224. The Kier molecular flexibility index (Phi) is 1.77. The van der Waals surface area contributed by atoms with Gasteiger partial charge < -0.3 is 10.1 Å². The molecule has 1 unspecified atom stereocenters. The summed E-state index contributed by atoms with van der Waals surface area (Å²) in [5.41, 5.74) is 1.68. The Morgan fingerprint density at radius 3 is 3.07 bits per heavy atom. The van der Waals surface area contributed by atoms with Gasteiger partial charge in [-0.15, -0.1) is 0 Å². The summed E-state index contributed by atoms with van der Waals surface area (Å²) in [4.78, 5) is 0. The van der Waals surface area contributed by atoms with E-state index in [1.54, 1.807) is 0 Å². The van der Waals surface area contributed by atoms with E-state index >= 15 is 0 Å². The molecule has 0 radical (unpaired) electrons. The molecule has 1 atom stereocenters. The van der Waals surface area contributed by atoms with E-state index in [1.807, 2.05) is 6.07 Å². The number of ether oxygens (including phenoxy) is 1. The summed E-state index contributed by atoms with van der Waals surface area (Å²) >= 11 is 0. The van der Waals surface area contributed by atoms with Crippen molar-refractivity contribution in [2.75, 3.05) is 19.7 Å². The third-order valence-electron chi connectivity index (χ3n) is 3.43. The van der Waals surface area contributed by atoms with Crippen molar-refractivity contribution in [3.05, 3.63) is 29.8 Å². The SMILES string of the molecule is c1ccc2c(c1)OCC21CCCNC1. The van der Waals surface area contributed by atoms with Crippen LogP contribution in [0.5, 0.6) is 5.75 Å². The summed E-state index contributed by atoms with van der Waals surface area (Å²) in [7, 11) is 0. The number of fused-ring (bicyclic) bond motifs is 2. The molecule has 0 amide bonds. The minimum Gasteiger partial charge on any atom is -0.492 e. The van der Waals surface area contributed by atoms with Gasteiger partial charge in [0.05, 0.1) is 6.61 Å². The van der Waals surface area contributed by atoms with E-state index in [-0.39, 0.29) is 5.41 Å². The zero-order valence-corrected chi connectivity index (χ0v) is 8.25. The monoisotopic (exact) mass is 189 g/mol. The second kappa shape index (κ2) is 2.99. The Balaban J connectivity index is 2.03. The number of nitrogens with one attached hydrogen (secondary N) is 1. The van der Waals surface area contributed by atoms with Crippen molar-refractivity contribution in [3.8, 4) is 5.75 Å². The van der Waals surface area contributed by atoms with Gasteiger partial charge in [-0.2, -0.15) is 0 Å². The molecule has 2 nitrogen and oxygen atoms in total. The van der Waals surface area contributed by atoms with Gasteiger partial charge in [0.1, 0.15) is 5.75 Å². The molecule has 1 saturated heterocycles. The largest absolute Gasteiger partial charge is 0.492 e. The van der Waals surface area contributed by atoms with Gasteiger partial charge in [-0.1, -0.05) is 18.2 Å². The van der Waals surface area contributed by atoms with Crippen molar-refractivity contribution >= 4 is 0 Å². The van der Waals surface area contributed by atoms with Crippen molar-refractivity contribution < 1.29 is 4.74 Å². The molecule has 2 aliphatic heterocycles. The molecule has 1 fully saturated rings. The molecule has 2 heterocycles. The first-order valence-electron chi connectivity index (χ1n) is 5.34. The molecule has 2 aliphatic rings. The van der Waals surface area contributed by atoms with Gasteiger partial charge in [0.25, 0.3) is 0 Å². The molecule has 1 N–H and O–H groups in total. The van der Waals surface area contributed by atoms with Gasteiger partial charge in [0.2, 0.25) is 0 Å². The molecule has 0 saturated carbocycles. The molecule has 2 heteroatoms. The fourth-order valence-electron chi connectivity index (χ4n) is 2.65. The Morgan fingerprint density at radius 2 is 2.21 bits per heavy atom. The highest BCUT2D eigenvalue weighted by atomic mass is 16.5. The van der Waals surface area contributed by atoms with Crippen LogP contribution in [0.1, 0.15) is 18.4 Å². The molecule has 1 spiro atoms. The zero-order valence-electron chi connectivity index (χ0n) is 8.25. The first kappa shape index (κ1) is 8.30. The summed E-state index contributed by atoms with van der Waals surface area (Å²) < 4.78 is 5.75. The van der Waals surface area contributed by atoms with Crippen LogP contribution in [0.25, 0.3) is 0 Å². The van der Waals surface area contributed by atoms with E-state index < -0.39 is 0 Å². The highest BCUT2D eigenvalue weighted by Gasteiger charge is 2.41. The maximum absolute atomic E-state index is 5.75. The van der Waals surface area contributed by atoms with Crippen LogP contribution in [0.4, 0.5) is 0 Å². The van der Waals surface area contributed by atoms with Gasteiger partial charge in [0, 0.05) is 17.5 Å². The number of hydrogen-bond acceptors (Lipinski definition) is 2. The minimum atomic E-state index is 0.273. The van der Waals surface area contributed by atoms with Crippen LogP contribution in [-0.4, -0.2) is 19.7 Å². The molecule has 1 aromatic carbocycles. The normalized spacial score (nSPS) is 30.0. The molecule has 0 bridgehead atoms. The van der Waals surface area contributed by atoms with Crippen LogP contribution in [0.3, 0.4) is 0 Å². The van der Waals surface area contributed by atoms with Crippen molar-refractivity contribution in [1.29, 1.82) is 0 Å². The van der Waals surface area contributed by atoms with E-state index in [9.17, 15) is 0 Å². The molecule has 74 valence electrons. The van der Waals surface area contributed by atoms with E-state index in [1.165, 1.54) is 18.4 Å². The maximum Gasteiger partial charge on any atom is 0.123 e. The summed E-state index contributed by atoms with van der Waals surface area (Å²) in [6.45, 7) is 3.09. The van der Waals surface area contributed by atoms with Crippen molar-refractivity contribution in [2.24, 2.45) is 0 Å². The standard InChI is InChI=1S/C12H15NO/c1-2-5-11-10(4-1)12(9-14-11)6-3-7-13-8-12/h1-2,4-5,13H,3,6-9H2. The van der Waals surface area contributed by atoms with Crippen LogP contribution in [0.2, 0.25) is 0 Å². The first-order chi connectivity index (χ1) is 6.91. The van der Waals surface area contributed by atoms with Gasteiger partial charge >= 0.3 is 0 Å². The summed E-state index contributed by atoms with van der Waals surface area (Å²) in [6.07, 6.45) is 2.52. The number of hydrogen-bond donors (Lipinski definition) is 1. The van der Waals surface area contributed by atoms with Gasteiger partial charge in [0.15, 0.2) is 0 Å². The van der Waals surface area contributed by atoms with Crippen molar-refractivity contribution in [2.45, 2.75) is 18.3 Å². The Labute approximate surface area is 84.3 Å². The predicted octanol–water partition coefficient (Wildman–Crippen LogP) is 1.70. The van der Waals surface area contributed by atoms with E-state index in [2.05, 4.69) is 23.5 Å². The average molecular weight is 189 g/mol. The number of piperidine rings is 1. The highest BCUT2D eigenvalue weighted by molar-refractivity contribution is 5.44. The Morgan fingerprint density at radius 1 is 1.29 bits per heavy atom. The quantitative estimate of drug-likeness (QED) is 0.670. The van der Waals surface area contributed by atoms with Gasteiger partial charge in [-0.05, 0) is 25.5 Å². The van der Waals surface area contributed by atoms with Crippen LogP contribution >= 0.6 is 0 Å². The lowest BCUT2D eigenvalue weighted by atomic mass is 9.76. The molecular weight excluding hydrogens is 174 g/mol. The van der Waals surface area contributed by atoms with Crippen LogP contribution in [0.15, 0.2) is 24.3 Å². The Bertz CT molecular complexity index is 336. The third-order valence-corrected chi connectivity index (χ3v) is 3.43.